The number of aliphatic hydroxyl groups is 1. The van der Waals surface area contributed by atoms with Gasteiger partial charge in [0, 0.05) is 49.2 Å². The molecular formula is C20H23N3O3. The molecule has 3 rings (SSSR count). The van der Waals surface area contributed by atoms with Gasteiger partial charge < -0.3 is 21.1 Å². The molecule has 0 atom stereocenters. The van der Waals surface area contributed by atoms with Crippen molar-refractivity contribution in [3.63, 3.8) is 0 Å². The van der Waals surface area contributed by atoms with Crippen molar-refractivity contribution in [3.05, 3.63) is 58.7 Å². The van der Waals surface area contributed by atoms with Crippen LogP contribution in [0.3, 0.4) is 0 Å². The fourth-order valence-electron chi connectivity index (χ4n) is 3.19. The van der Waals surface area contributed by atoms with Crippen LogP contribution in [0.4, 0.5) is 11.4 Å². The highest BCUT2D eigenvalue weighted by molar-refractivity contribution is 6.31. The number of aliphatic hydroxyl groups excluding tert-OH is 1. The van der Waals surface area contributed by atoms with Gasteiger partial charge in [-0.05, 0) is 25.1 Å². The minimum absolute atomic E-state index is 0.135. The maximum absolute atomic E-state index is 13.1. The van der Waals surface area contributed by atoms with Gasteiger partial charge in [0.05, 0.1) is 11.1 Å². The lowest BCUT2D eigenvalue weighted by atomic mass is 9.82. The van der Waals surface area contributed by atoms with Crippen LogP contribution in [0.1, 0.15) is 38.3 Å². The molecule has 0 amide bonds. The van der Waals surface area contributed by atoms with E-state index < -0.39 is 0 Å². The Morgan fingerprint density at radius 3 is 2.08 bits per heavy atom. The predicted molar refractivity (Wildman–Crippen MR) is 102 cm³/mol. The summed E-state index contributed by atoms with van der Waals surface area (Å²) in [6, 6.07) is 10.6. The molecule has 0 aliphatic heterocycles. The normalized spacial score (nSPS) is 12.5. The lowest BCUT2D eigenvalue weighted by molar-refractivity contribution is 0.0980. The minimum atomic E-state index is -0.136. The van der Waals surface area contributed by atoms with E-state index in [2.05, 4.69) is 16.0 Å². The van der Waals surface area contributed by atoms with Crippen molar-refractivity contribution in [2.45, 2.75) is 6.42 Å². The van der Waals surface area contributed by atoms with E-state index in [9.17, 15) is 9.59 Å². The van der Waals surface area contributed by atoms with Crippen LogP contribution in [0.15, 0.2) is 36.4 Å². The van der Waals surface area contributed by atoms with Gasteiger partial charge in [-0.15, -0.1) is 0 Å². The van der Waals surface area contributed by atoms with Crippen molar-refractivity contribution in [2.75, 3.05) is 43.9 Å². The van der Waals surface area contributed by atoms with Gasteiger partial charge in [0.25, 0.3) is 0 Å². The Kier molecular flexibility index (Phi) is 5.65. The third-order valence-corrected chi connectivity index (χ3v) is 4.47. The molecule has 0 fully saturated rings. The van der Waals surface area contributed by atoms with E-state index in [1.54, 1.807) is 31.3 Å². The number of hydrogen-bond donors (Lipinski definition) is 4. The van der Waals surface area contributed by atoms with Gasteiger partial charge in [-0.2, -0.15) is 0 Å². The quantitative estimate of drug-likeness (QED) is 0.463. The molecule has 6 nitrogen and oxygen atoms in total. The first kappa shape index (κ1) is 18.1. The van der Waals surface area contributed by atoms with Crippen molar-refractivity contribution in [1.29, 1.82) is 0 Å². The Balaban J connectivity index is 1.90. The molecule has 1 aliphatic carbocycles. The highest BCUT2D eigenvalue weighted by atomic mass is 16.3. The van der Waals surface area contributed by atoms with Crippen LogP contribution in [0.2, 0.25) is 0 Å². The van der Waals surface area contributed by atoms with E-state index in [1.165, 1.54) is 0 Å². The number of benzene rings is 2. The minimum Gasteiger partial charge on any atom is -0.396 e. The summed E-state index contributed by atoms with van der Waals surface area (Å²) < 4.78 is 0. The van der Waals surface area contributed by atoms with Crippen LogP contribution in [0, 0.1) is 0 Å². The summed E-state index contributed by atoms with van der Waals surface area (Å²) in [4.78, 5) is 26.0. The smallest absolute Gasteiger partial charge is 0.196 e. The standard InChI is InChI=1S/C20H23N3O3/c1-21-15-7-8-16(23-11-10-22-9-4-12-24)18-17(15)19(25)13-5-2-3-6-14(13)20(18)26/h2-3,5-8,21-24H,4,9-12H2,1H3. The number of carbonyl (C=O) groups is 2. The number of nitrogens with one attached hydrogen (secondary N) is 3. The number of fused-ring (bicyclic) bond motifs is 2. The van der Waals surface area contributed by atoms with Crippen molar-refractivity contribution in [1.82, 2.24) is 5.32 Å². The molecule has 0 radical (unpaired) electrons. The van der Waals surface area contributed by atoms with E-state index in [4.69, 9.17) is 5.11 Å². The Bertz CT molecular complexity index is 833. The van der Waals surface area contributed by atoms with E-state index in [1.807, 2.05) is 12.1 Å². The predicted octanol–water partition coefficient (Wildman–Crippen LogP) is 1.89. The molecule has 0 saturated heterocycles. The first-order chi connectivity index (χ1) is 12.7. The lowest BCUT2D eigenvalue weighted by Crippen LogP contribution is -2.26. The molecule has 0 aromatic heterocycles. The second-order valence-corrected chi connectivity index (χ2v) is 6.12. The number of anilines is 2. The Morgan fingerprint density at radius 1 is 0.846 bits per heavy atom. The molecule has 2 aromatic carbocycles. The first-order valence-corrected chi connectivity index (χ1v) is 8.77. The van der Waals surface area contributed by atoms with Crippen LogP contribution >= 0.6 is 0 Å². The summed E-state index contributed by atoms with van der Waals surface area (Å²) in [5, 5.41) is 18.3. The van der Waals surface area contributed by atoms with Gasteiger partial charge in [-0.1, -0.05) is 24.3 Å². The SMILES string of the molecule is CNc1ccc(NCCNCCCO)c2c1C(=O)c1ccccc1C2=O. The number of carbonyl (C=O) groups excluding carboxylic acids is 2. The lowest BCUT2D eigenvalue weighted by Gasteiger charge is -2.23. The number of ketones is 2. The summed E-state index contributed by atoms with van der Waals surface area (Å²) in [6.45, 7) is 2.20. The van der Waals surface area contributed by atoms with Crippen LogP contribution in [0.5, 0.6) is 0 Å². The molecule has 136 valence electrons. The van der Waals surface area contributed by atoms with Crippen molar-refractivity contribution in [3.8, 4) is 0 Å². The van der Waals surface area contributed by atoms with Gasteiger partial charge in [0.15, 0.2) is 11.6 Å². The zero-order valence-electron chi connectivity index (χ0n) is 14.8. The van der Waals surface area contributed by atoms with Gasteiger partial charge in [-0.25, -0.2) is 0 Å². The Labute approximate surface area is 152 Å². The molecule has 0 heterocycles. The molecule has 0 bridgehead atoms. The Hall–Kier alpha value is -2.70. The molecular weight excluding hydrogens is 330 g/mol. The first-order valence-electron chi connectivity index (χ1n) is 8.77. The maximum Gasteiger partial charge on any atom is 0.196 e. The van der Waals surface area contributed by atoms with Gasteiger partial charge in [-0.3, -0.25) is 9.59 Å². The molecule has 2 aromatic rings. The fraction of sp³-hybridized carbons (Fsp3) is 0.300. The van der Waals surface area contributed by atoms with Crippen LogP contribution < -0.4 is 16.0 Å². The van der Waals surface area contributed by atoms with Crippen molar-refractivity contribution in [2.24, 2.45) is 0 Å². The fourth-order valence-corrected chi connectivity index (χ4v) is 3.19. The van der Waals surface area contributed by atoms with Gasteiger partial charge in [0.2, 0.25) is 0 Å². The third-order valence-electron chi connectivity index (χ3n) is 4.47. The zero-order valence-corrected chi connectivity index (χ0v) is 14.8. The molecule has 26 heavy (non-hydrogen) atoms. The zero-order chi connectivity index (χ0) is 18.5. The molecule has 0 spiro atoms. The maximum atomic E-state index is 13.1. The highest BCUT2D eigenvalue weighted by Crippen LogP contribution is 2.36. The third kappa shape index (κ3) is 3.34. The average molecular weight is 353 g/mol. The molecule has 0 saturated carbocycles. The van der Waals surface area contributed by atoms with E-state index in [0.717, 1.165) is 6.54 Å². The van der Waals surface area contributed by atoms with Gasteiger partial charge >= 0.3 is 0 Å². The summed E-state index contributed by atoms with van der Waals surface area (Å²) in [5.74, 6) is -0.271. The molecule has 4 N–H and O–H groups in total. The average Bonchev–Trinajstić information content (AvgIpc) is 2.68. The second kappa shape index (κ2) is 8.12. The monoisotopic (exact) mass is 353 g/mol. The summed E-state index contributed by atoms with van der Waals surface area (Å²) in [6.07, 6.45) is 0.704. The highest BCUT2D eigenvalue weighted by Gasteiger charge is 2.33. The summed E-state index contributed by atoms with van der Waals surface area (Å²) in [5.41, 5.74) is 3.06. The van der Waals surface area contributed by atoms with Crippen LogP contribution in [-0.4, -0.2) is 50.0 Å². The number of hydrogen-bond acceptors (Lipinski definition) is 6. The Morgan fingerprint density at radius 2 is 1.46 bits per heavy atom. The molecule has 1 aliphatic rings. The number of rotatable bonds is 8. The molecule has 0 unspecified atom stereocenters. The van der Waals surface area contributed by atoms with E-state index >= 15 is 0 Å². The van der Waals surface area contributed by atoms with Crippen LogP contribution in [-0.2, 0) is 0 Å². The van der Waals surface area contributed by atoms with Crippen LogP contribution in [0.25, 0.3) is 0 Å². The molecule has 6 heteroatoms. The van der Waals surface area contributed by atoms with E-state index in [-0.39, 0.29) is 18.2 Å². The van der Waals surface area contributed by atoms with Crippen molar-refractivity contribution < 1.29 is 14.7 Å². The summed E-state index contributed by atoms with van der Waals surface area (Å²) >= 11 is 0. The second-order valence-electron chi connectivity index (χ2n) is 6.12. The largest absolute Gasteiger partial charge is 0.396 e. The topological polar surface area (TPSA) is 90.5 Å². The van der Waals surface area contributed by atoms with Crippen molar-refractivity contribution >= 4 is 22.9 Å². The van der Waals surface area contributed by atoms with Gasteiger partial charge in [0.1, 0.15) is 0 Å². The summed E-state index contributed by atoms with van der Waals surface area (Å²) in [7, 11) is 1.74. The van der Waals surface area contributed by atoms with E-state index in [0.29, 0.717) is 53.1 Å².